The maximum Gasteiger partial charge on any atom is 0.269 e. The van der Waals surface area contributed by atoms with Crippen LogP contribution in [0.2, 0.25) is 5.02 Å². The number of hydrogen-bond donors (Lipinski definition) is 3. The van der Waals surface area contributed by atoms with Gasteiger partial charge < -0.3 is 20.4 Å². The molecule has 7 nitrogen and oxygen atoms in total. The number of hydrogen-bond acceptors (Lipinski definition) is 5. The number of H-pyrrole nitrogens is 1. The SMILES string of the molecule is CNC(=O)c1cc(Oc2ccc3nc(Nc4ccc(C)c(Cl)c4)[nH]c3c2)ccn1. The fraction of sp³-hybridized carbons (Fsp3) is 0.0952. The van der Waals surface area contributed by atoms with Crippen molar-refractivity contribution >= 4 is 40.2 Å². The predicted octanol–water partition coefficient (Wildman–Crippen LogP) is 4.82. The van der Waals surface area contributed by atoms with Crippen LogP contribution in [0, 0.1) is 6.92 Å². The molecule has 0 unspecified atom stereocenters. The summed E-state index contributed by atoms with van der Waals surface area (Å²) in [5.74, 6) is 1.46. The van der Waals surface area contributed by atoms with Gasteiger partial charge >= 0.3 is 0 Å². The Morgan fingerprint density at radius 1 is 1.10 bits per heavy atom. The highest BCUT2D eigenvalue weighted by Crippen LogP contribution is 2.27. The number of nitrogens with one attached hydrogen (secondary N) is 3. The topological polar surface area (TPSA) is 91.9 Å². The number of ether oxygens (including phenoxy) is 1. The van der Waals surface area contributed by atoms with Crippen LogP contribution in [0.4, 0.5) is 11.6 Å². The highest BCUT2D eigenvalue weighted by molar-refractivity contribution is 6.31. The molecule has 0 atom stereocenters. The number of aromatic amines is 1. The number of carbonyl (C=O) groups excluding carboxylic acids is 1. The monoisotopic (exact) mass is 407 g/mol. The molecule has 4 rings (SSSR count). The Kier molecular flexibility index (Phi) is 5.05. The molecule has 0 aliphatic rings. The third-order valence-corrected chi connectivity index (χ3v) is 4.72. The Bertz CT molecular complexity index is 1200. The van der Waals surface area contributed by atoms with E-state index in [2.05, 4.69) is 25.6 Å². The number of anilines is 2. The van der Waals surface area contributed by atoms with Crippen molar-refractivity contribution in [2.75, 3.05) is 12.4 Å². The normalized spacial score (nSPS) is 10.7. The standard InChI is InChI=1S/C21H18ClN5O2/c1-12-3-4-13(9-16(12)22)25-21-26-17-6-5-14(10-18(17)27-21)29-15-7-8-24-19(11-15)20(28)23-2/h3-11H,1-2H3,(H,23,28)(H2,25,26,27). The average Bonchev–Trinajstić information content (AvgIpc) is 3.12. The van der Waals surface area contributed by atoms with E-state index >= 15 is 0 Å². The lowest BCUT2D eigenvalue weighted by atomic mass is 10.2. The van der Waals surface area contributed by atoms with Gasteiger partial charge in [-0.3, -0.25) is 9.78 Å². The summed E-state index contributed by atoms with van der Waals surface area (Å²) in [6, 6.07) is 14.5. The number of halogens is 1. The largest absolute Gasteiger partial charge is 0.457 e. The van der Waals surface area contributed by atoms with E-state index in [1.165, 1.54) is 6.20 Å². The maximum absolute atomic E-state index is 11.7. The van der Waals surface area contributed by atoms with Gasteiger partial charge in [-0.25, -0.2) is 4.98 Å². The summed E-state index contributed by atoms with van der Waals surface area (Å²) in [6.07, 6.45) is 1.53. The zero-order valence-electron chi connectivity index (χ0n) is 15.8. The van der Waals surface area contributed by atoms with E-state index in [1.54, 1.807) is 19.2 Å². The van der Waals surface area contributed by atoms with Gasteiger partial charge in [0.25, 0.3) is 5.91 Å². The zero-order valence-corrected chi connectivity index (χ0v) is 16.5. The average molecular weight is 408 g/mol. The Balaban J connectivity index is 1.55. The second kappa shape index (κ2) is 7.81. The molecule has 0 saturated carbocycles. The summed E-state index contributed by atoms with van der Waals surface area (Å²) in [5.41, 5.74) is 3.74. The van der Waals surface area contributed by atoms with E-state index in [0.717, 1.165) is 22.3 Å². The number of amides is 1. The first-order chi connectivity index (χ1) is 14.0. The molecular weight excluding hydrogens is 390 g/mol. The van der Waals surface area contributed by atoms with Crippen molar-refractivity contribution in [2.24, 2.45) is 0 Å². The van der Waals surface area contributed by atoms with Gasteiger partial charge in [0.05, 0.1) is 11.0 Å². The van der Waals surface area contributed by atoms with Crippen molar-refractivity contribution in [1.82, 2.24) is 20.3 Å². The van der Waals surface area contributed by atoms with Crippen LogP contribution in [0.3, 0.4) is 0 Å². The lowest BCUT2D eigenvalue weighted by Crippen LogP contribution is -2.18. The second-order valence-corrected chi connectivity index (χ2v) is 6.82. The van der Waals surface area contributed by atoms with Crippen LogP contribution in [-0.2, 0) is 0 Å². The summed E-state index contributed by atoms with van der Waals surface area (Å²) < 4.78 is 5.87. The summed E-state index contributed by atoms with van der Waals surface area (Å²) in [6.45, 7) is 1.95. The molecule has 2 heterocycles. The molecule has 146 valence electrons. The minimum Gasteiger partial charge on any atom is -0.457 e. The first kappa shape index (κ1) is 18.8. The van der Waals surface area contributed by atoms with E-state index in [-0.39, 0.29) is 11.6 Å². The van der Waals surface area contributed by atoms with Crippen molar-refractivity contribution in [3.05, 3.63) is 71.0 Å². The third kappa shape index (κ3) is 4.14. The molecule has 0 saturated heterocycles. The highest BCUT2D eigenvalue weighted by atomic mass is 35.5. The predicted molar refractivity (Wildman–Crippen MR) is 113 cm³/mol. The van der Waals surface area contributed by atoms with E-state index < -0.39 is 0 Å². The maximum atomic E-state index is 11.7. The van der Waals surface area contributed by atoms with Crippen LogP contribution in [0.15, 0.2) is 54.7 Å². The number of carbonyl (C=O) groups is 1. The van der Waals surface area contributed by atoms with Crippen LogP contribution in [0.1, 0.15) is 16.1 Å². The van der Waals surface area contributed by atoms with Crippen molar-refractivity contribution in [2.45, 2.75) is 6.92 Å². The quantitative estimate of drug-likeness (QED) is 0.441. The van der Waals surface area contributed by atoms with Crippen LogP contribution < -0.4 is 15.4 Å². The summed E-state index contributed by atoms with van der Waals surface area (Å²) >= 11 is 6.18. The third-order valence-electron chi connectivity index (χ3n) is 4.31. The Morgan fingerprint density at radius 2 is 1.93 bits per heavy atom. The highest BCUT2D eigenvalue weighted by Gasteiger charge is 2.09. The summed E-state index contributed by atoms with van der Waals surface area (Å²) in [7, 11) is 1.56. The summed E-state index contributed by atoms with van der Waals surface area (Å²) in [4.78, 5) is 23.5. The number of fused-ring (bicyclic) bond motifs is 1. The van der Waals surface area contributed by atoms with Gasteiger partial charge in [0, 0.05) is 36.1 Å². The molecule has 2 aromatic carbocycles. The summed E-state index contributed by atoms with van der Waals surface area (Å²) in [5, 5.41) is 6.44. The van der Waals surface area contributed by atoms with Gasteiger partial charge in [0.1, 0.15) is 17.2 Å². The van der Waals surface area contributed by atoms with Gasteiger partial charge in [0.2, 0.25) is 5.95 Å². The second-order valence-electron chi connectivity index (χ2n) is 6.41. The van der Waals surface area contributed by atoms with Crippen molar-refractivity contribution in [3.8, 4) is 11.5 Å². The first-order valence-corrected chi connectivity index (χ1v) is 9.28. The molecule has 2 aromatic heterocycles. The Hall–Kier alpha value is -3.58. The fourth-order valence-corrected chi connectivity index (χ4v) is 2.96. The number of pyridine rings is 1. The number of nitrogens with zero attached hydrogens (tertiary/aromatic N) is 2. The smallest absolute Gasteiger partial charge is 0.269 e. The lowest BCUT2D eigenvalue weighted by Gasteiger charge is -2.06. The first-order valence-electron chi connectivity index (χ1n) is 8.91. The Morgan fingerprint density at radius 3 is 2.72 bits per heavy atom. The minimum absolute atomic E-state index is 0.272. The lowest BCUT2D eigenvalue weighted by molar-refractivity contribution is 0.0958. The molecule has 0 radical (unpaired) electrons. The van der Waals surface area contributed by atoms with Gasteiger partial charge in [-0.2, -0.15) is 0 Å². The minimum atomic E-state index is -0.272. The van der Waals surface area contributed by atoms with Gasteiger partial charge in [-0.05, 0) is 42.8 Å². The molecule has 0 spiro atoms. The molecular formula is C21H18ClN5O2. The van der Waals surface area contributed by atoms with Crippen molar-refractivity contribution in [1.29, 1.82) is 0 Å². The van der Waals surface area contributed by atoms with E-state index in [1.807, 2.05) is 43.3 Å². The number of rotatable bonds is 5. The van der Waals surface area contributed by atoms with Gasteiger partial charge in [0.15, 0.2) is 0 Å². The van der Waals surface area contributed by atoms with Crippen molar-refractivity contribution in [3.63, 3.8) is 0 Å². The van der Waals surface area contributed by atoms with Crippen LogP contribution in [-0.4, -0.2) is 27.9 Å². The molecule has 8 heteroatoms. The molecule has 4 aromatic rings. The molecule has 3 N–H and O–H groups in total. The van der Waals surface area contributed by atoms with Crippen molar-refractivity contribution < 1.29 is 9.53 Å². The van der Waals surface area contributed by atoms with E-state index in [9.17, 15) is 4.79 Å². The van der Waals surface area contributed by atoms with Crippen LogP contribution in [0.5, 0.6) is 11.5 Å². The molecule has 29 heavy (non-hydrogen) atoms. The van der Waals surface area contributed by atoms with Crippen LogP contribution in [0.25, 0.3) is 11.0 Å². The number of aryl methyl sites for hydroxylation is 1. The zero-order chi connectivity index (χ0) is 20.4. The molecule has 0 bridgehead atoms. The molecule has 0 fully saturated rings. The van der Waals surface area contributed by atoms with Gasteiger partial charge in [-0.15, -0.1) is 0 Å². The van der Waals surface area contributed by atoms with E-state index in [0.29, 0.717) is 22.5 Å². The van der Waals surface area contributed by atoms with Crippen LogP contribution >= 0.6 is 11.6 Å². The fourth-order valence-electron chi connectivity index (χ4n) is 2.78. The molecule has 0 aliphatic carbocycles. The molecule has 0 aliphatic heterocycles. The molecule has 1 amide bonds. The van der Waals surface area contributed by atoms with Gasteiger partial charge in [-0.1, -0.05) is 17.7 Å². The van der Waals surface area contributed by atoms with E-state index in [4.69, 9.17) is 16.3 Å². The number of imidazole rings is 1. The Labute approximate surface area is 172 Å². The number of benzene rings is 2. The number of aromatic nitrogens is 3.